The number of hydrogen-bond acceptors (Lipinski definition) is 3. The Morgan fingerprint density at radius 3 is 2.68 bits per heavy atom. The van der Waals surface area contributed by atoms with E-state index in [2.05, 4.69) is 32.2 Å². The lowest BCUT2D eigenvalue weighted by molar-refractivity contribution is -0.0317. The minimum absolute atomic E-state index is 0.102. The molecular formula is C16H23NO2. The maximum Gasteiger partial charge on any atom is 0.134 e. The predicted molar refractivity (Wildman–Crippen MR) is 78.1 cm³/mol. The summed E-state index contributed by atoms with van der Waals surface area (Å²) >= 11 is 0. The van der Waals surface area contributed by atoms with E-state index in [1.165, 1.54) is 0 Å². The number of furan rings is 1. The van der Waals surface area contributed by atoms with E-state index in [1.807, 2.05) is 25.2 Å². The molecule has 0 fully saturated rings. The normalized spacial score (nSPS) is 12.2. The van der Waals surface area contributed by atoms with Crippen LogP contribution in [0.1, 0.15) is 38.5 Å². The molecule has 3 nitrogen and oxygen atoms in total. The van der Waals surface area contributed by atoms with Crippen LogP contribution in [0.4, 0.5) is 0 Å². The van der Waals surface area contributed by atoms with E-state index in [9.17, 15) is 0 Å². The summed E-state index contributed by atoms with van der Waals surface area (Å²) in [5.74, 6) is 0.968. The number of fused-ring (bicyclic) bond motifs is 1. The van der Waals surface area contributed by atoms with E-state index in [4.69, 9.17) is 9.15 Å². The number of benzene rings is 1. The van der Waals surface area contributed by atoms with Gasteiger partial charge in [0.15, 0.2) is 0 Å². The molecule has 0 saturated carbocycles. The summed E-state index contributed by atoms with van der Waals surface area (Å²) in [5.41, 5.74) is 1.99. The lowest BCUT2D eigenvalue weighted by Gasteiger charge is -2.23. The zero-order valence-electron chi connectivity index (χ0n) is 12.2. The fourth-order valence-electron chi connectivity index (χ4n) is 1.98. The first-order valence-electron chi connectivity index (χ1n) is 6.85. The highest BCUT2D eigenvalue weighted by Gasteiger charge is 2.19. The second kappa shape index (κ2) is 5.76. The molecule has 1 aromatic carbocycles. The van der Waals surface area contributed by atoms with Crippen molar-refractivity contribution in [3.8, 4) is 0 Å². The van der Waals surface area contributed by atoms with Gasteiger partial charge < -0.3 is 14.5 Å². The SMILES string of the molecule is CCC(C)(C)OCc1c(CNC)oc2ccccc12. The van der Waals surface area contributed by atoms with Crippen molar-refractivity contribution < 1.29 is 9.15 Å². The fourth-order valence-corrected chi connectivity index (χ4v) is 1.98. The van der Waals surface area contributed by atoms with Crippen molar-refractivity contribution in [2.75, 3.05) is 7.05 Å². The van der Waals surface area contributed by atoms with E-state index < -0.39 is 0 Å². The first-order chi connectivity index (χ1) is 9.07. The molecule has 2 rings (SSSR count). The third-order valence-corrected chi connectivity index (χ3v) is 3.58. The molecule has 0 aliphatic carbocycles. The van der Waals surface area contributed by atoms with Gasteiger partial charge in [-0.15, -0.1) is 0 Å². The molecule has 0 atom stereocenters. The molecule has 104 valence electrons. The van der Waals surface area contributed by atoms with Crippen LogP contribution in [0.25, 0.3) is 11.0 Å². The molecule has 19 heavy (non-hydrogen) atoms. The molecular weight excluding hydrogens is 238 g/mol. The molecule has 0 spiro atoms. The van der Waals surface area contributed by atoms with E-state index in [0.717, 1.165) is 35.3 Å². The third-order valence-electron chi connectivity index (χ3n) is 3.58. The van der Waals surface area contributed by atoms with Gasteiger partial charge >= 0.3 is 0 Å². The van der Waals surface area contributed by atoms with Gasteiger partial charge in [-0.05, 0) is 33.4 Å². The quantitative estimate of drug-likeness (QED) is 0.857. The molecule has 2 aromatic rings. The van der Waals surface area contributed by atoms with Crippen LogP contribution in [-0.4, -0.2) is 12.6 Å². The first kappa shape index (κ1) is 14.1. The summed E-state index contributed by atoms with van der Waals surface area (Å²) in [6, 6.07) is 8.13. The van der Waals surface area contributed by atoms with Crippen molar-refractivity contribution >= 4 is 11.0 Å². The molecule has 1 aromatic heterocycles. The molecule has 0 saturated heterocycles. The van der Waals surface area contributed by atoms with Crippen molar-refractivity contribution in [2.45, 2.75) is 45.9 Å². The minimum atomic E-state index is -0.102. The van der Waals surface area contributed by atoms with Crippen LogP contribution < -0.4 is 5.32 Å². The maximum absolute atomic E-state index is 6.03. The molecule has 0 amide bonds. The van der Waals surface area contributed by atoms with Crippen molar-refractivity contribution in [2.24, 2.45) is 0 Å². The first-order valence-corrected chi connectivity index (χ1v) is 6.85. The van der Waals surface area contributed by atoms with Crippen LogP contribution in [0.2, 0.25) is 0 Å². The zero-order valence-corrected chi connectivity index (χ0v) is 12.2. The van der Waals surface area contributed by atoms with Gasteiger partial charge in [0.2, 0.25) is 0 Å². The summed E-state index contributed by atoms with van der Waals surface area (Å²) in [7, 11) is 1.92. The van der Waals surface area contributed by atoms with Crippen molar-refractivity contribution in [1.82, 2.24) is 5.32 Å². The highest BCUT2D eigenvalue weighted by atomic mass is 16.5. The summed E-state index contributed by atoms with van der Waals surface area (Å²) in [6.45, 7) is 7.69. The Morgan fingerprint density at radius 1 is 1.26 bits per heavy atom. The predicted octanol–water partition coefficient (Wildman–Crippen LogP) is 3.86. The minimum Gasteiger partial charge on any atom is -0.459 e. The number of rotatable bonds is 6. The number of nitrogens with one attached hydrogen (secondary N) is 1. The van der Waals surface area contributed by atoms with Crippen LogP contribution in [0.15, 0.2) is 28.7 Å². The second-order valence-electron chi connectivity index (χ2n) is 5.43. The summed E-state index contributed by atoms with van der Waals surface area (Å²) in [6.07, 6.45) is 0.990. The Bertz CT molecular complexity index is 543. The van der Waals surface area contributed by atoms with Gasteiger partial charge in [0, 0.05) is 10.9 Å². The van der Waals surface area contributed by atoms with Gasteiger partial charge in [-0.2, -0.15) is 0 Å². The van der Waals surface area contributed by atoms with Crippen LogP contribution in [0.3, 0.4) is 0 Å². The van der Waals surface area contributed by atoms with Gasteiger partial charge in [0.05, 0.1) is 18.8 Å². The van der Waals surface area contributed by atoms with E-state index >= 15 is 0 Å². The number of para-hydroxylation sites is 1. The van der Waals surface area contributed by atoms with Crippen LogP contribution in [0.5, 0.6) is 0 Å². The largest absolute Gasteiger partial charge is 0.459 e. The Balaban J connectivity index is 2.31. The Morgan fingerprint density at radius 2 is 2.00 bits per heavy atom. The number of hydrogen-bond donors (Lipinski definition) is 1. The standard InChI is InChI=1S/C16H23NO2/c1-5-16(2,3)18-11-13-12-8-6-7-9-14(12)19-15(13)10-17-4/h6-9,17H,5,10-11H2,1-4H3. The molecule has 0 aliphatic rings. The fraction of sp³-hybridized carbons (Fsp3) is 0.500. The Kier molecular flexibility index (Phi) is 4.27. The van der Waals surface area contributed by atoms with Crippen LogP contribution in [0, 0.1) is 0 Å². The lowest BCUT2D eigenvalue weighted by Crippen LogP contribution is -2.23. The summed E-state index contributed by atoms with van der Waals surface area (Å²) in [4.78, 5) is 0. The highest BCUT2D eigenvalue weighted by molar-refractivity contribution is 5.82. The van der Waals surface area contributed by atoms with E-state index in [0.29, 0.717) is 6.61 Å². The Hall–Kier alpha value is -1.32. The molecule has 0 aliphatic heterocycles. The summed E-state index contributed by atoms with van der Waals surface area (Å²) in [5, 5.41) is 4.30. The zero-order chi connectivity index (χ0) is 13.9. The topological polar surface area (TPSA) is 34.4 Å². The molecule has 0 radical (unpaired) electrons. The average molecular weight is 261 g/mol. The highest BCUT2D eigenvalue weighted by Crippen LogP contribution is 2.28. The summed E-state index contributed by atoms with van der Waals surface area (Å²) < 4.78 is 11.9. The van der Waals surface area contributed by atoms with Gasteiger partial charge in [0.1, 0.15) is 11.3 Å². The molecule has 0 unspecified atom stereocenters. The van der Waals surface area contributed by atoms with Gasteiger partial charge in [-0.3, -0.25) is 0 Å². The van der Waals surface area contributed by atoms with E-state index in [-0.39, 0.29) is 5.60 Å². The number of ether oxygens (including phenoxy) is 1. The average Bonchev–Trinajstić information content (AvgIpc) is 2.74. The van der Waals surface area contributed by atoms with Crippen LogP contribution in [-0.2, 0) is 17.9 Å². The molecule has 1 heterocycles. The monoisotopic (exact) mass is 261 g/mol. The van der Waals surface area contributed by atoms with E-state index in [1.54, 1.807) is 0 Å². The smallest absolute Gasteiger partial charge is 0.134 e. The third kappa shape index (κ3) is 3.17. The van der Waals surface area contributed by atoms with Gasteiger partial charge in [0.25, 0.3) is 0 Å². The lowest BCUT2D eigenvalue weighted by atomic mass is 10.1. The van der Waals surface area contributed by atoms with Gasteiger partial charge in [-0.1, -0.05) is 25.1 Å². The molecule has 3 heteroatoms. The molecule has 0 bridgehead atoms. The van der Waals surface area contributed by atoms with Crippen LogP contribution >= 0.6 is 0 Å². The van der Waals surface area contributed by atoms with Crippen molar-refractivity contribution in [3.63, 3.8) is 0 Å². The second-order valence-corrected chi connectivity index (χ2v) is 5.43. The van der Waals surface area contributed by atoms with Gasteiger partial charge in [-0.25, -0.2) is 0 Å². The van der Waals surface area contributed by atoms with Crippen molar-refractivity contribution in [3.05, 3.63) is 35.6 Å². The Labute approximate surface area is 114 Å². The maximum atomic E-state index is 6.03. The van der Waals surface area contributed by atoms with Crippen molar-refractivity contribution in [1.29, 1.82) is 0 Å². The molecule has 1 N–H and O–H groups in total.